The van der Waals surface area contributed by atoms with E-state index in [2.05, 4.69) is 24.0 Å². The van der Waals surface area contributed by atoms with Crippen molar-refractivity contribution in [2.24, 2.45) is 5.92 Å². The maximum atomic E-state index is 14.1. The van der Waals surface area contributed by atoms with Gasteiger partial charge in [-0.2, -0.15) is 0 Å². The second-order valence-electron chi connectivity index (χ2n) is 10.3. The van der Waals surface area contributed by atoms with Gasteiger partial charge < -0.3 is 14.6 Å². The molecule has 0 spiro atoms. The highest BCUT2D eigenvalue weighted by Gasteiger charge is 2.48. The van der Waals surface area contributed by atoms with E-state index < -0.39 is 29.3 Å². The Morgan fingerprint density at radius 1 is 1.05 bits per heavy atom. The lowest BCUT2D eigenvalue weighted by atomic mass is 9.95. The maximum absolute atomic E-state index is 14.1. The molecule has 1 saturated heterocycles. The van der Waals surface area contributed by atoms with Crippen LogP contribution in [0.1, 0.15) is 43.0 Å². The molecule has 228 valence electrons. The zero-order valence-corrected chi connectivity index (χ0v) is 25.8. The van der Waals surface area contributed by atoms with Crippen molar-refractivity contribution in [2.75, 3.05) is 18.6 Å². The summed E-state index contributed by atoms with van der Waals surface area (Å²) in [5, 5.41) is 19.8. The van der Waals surface area contributed by atoms with E-state index in [1.165, 1.54) is 42.0 Å². The first-order valence-electron chi connectivity index (χ1n) is 13.7. The summed E-state index contributed by atoms with van der Waals surface area (Å²) in [6, 6.07) is 15.2. The zero-order valence-electron chi connectivity index (χ0n) is 24.1. The average Bonchev–Trinajstić information content (AvgIpc) is 3.58. The Bertz CT molecular complexity index is 1710. The summed E-state index contributed by atoms with van der Waals surface area (Å²) >= 11 is 2.30. The largest absolute Gasteiger partial charge is 0.507 e. The van der Waals surface area contributed by atoms with Crippen molar-refractivity contribution in [1.29, 1.82) is 0 Å². The SMILES string of the molecule is COc1cc(C2/C(=C(/O)c3ccc(F)cc3)C(=O)C(=O)N2c2nnc(SCc3ccccc3F)s2)ccc1OCCC(C)C. The van der Waals surface area contributed by atoms with Crippen LogP contribution in [0.25, 0.3) is 5.76 Å². The number of methoxy groups -OCH3 is 1. The molecule has 1 aliphatic rings. The predicted octanol–water partition coefficient (Wildman–Crippen LogP) is 7.17. The number of halogens is 2. The Hall–Kier alpha value is -4.29. The second-order valence-corrected chi connectivity index (χ2v) is 12.5. The van der Waals surface area contributed by atoms with Crippen LogP contribution in [0.5, 0.6) is 11.5 Å². The minimum Gasteiger partial charge on any atom is -0.507 e. The van der Waals surface area contributed by atoms with E-state index in [4.69, 9.17) is 9.47 Å². The van der Waals surface area contributed by atoms with Gasteiger partial charge in [-0.05, 0) is 65.9 Å². The van der Waals surface area contributed by atoms with Crippen molar-refractivity contribution in [3.05, 3.63) is 101 Å². The fourth-order valence-electron chi connectivity index (χ4n) is 4.60. The number of carbonyl (C=O) groups excluding carboxylic acids is 2. The number of hydrogen-bond acceptors (Lipinski definition) is 9. The molecule has 44 heavy (non-hydrogen) atoms. The van der Waals surface area contributed by atoms with Crippen LogP contribution in [-0.2, 0) is 15.3 Å². The molecule has 3 aromatic carbocycles. The van der Waals surface area contributed by atoms with E-state index in [1.54, 1.807) is 36.4 Å². The molecular weight excluding hydrogens is 608 g/mol. The number of amides is 1. The fourth-order valence-corrected chi connectivity index (χ4v) is 6.45. The Balaban J connectivity index is 1.55. The third-order valence-corrected chi connectivity index (χ3v) is 9.03. The number of aliphatic hydroxyl groups is 1. The van der Waals surface area contributed by atoms with Crippen LogP contribution in [0.4, 0.5) is 13.9 Å². The van der Waals surface area contributed by atoms with Gasteiger partial charge in [-0.15, -0.1) is 10.2 Å². The molecule has 0 saturated carbocycles. The number of aromatic nitrogens is 2. The standard InChI is InChI=1S/C32H29F2N3O5S2/c1-18(2)14-15-42-24-13-10-20(16-25(24)41-3)27-26(28(38)19-8-11-22(33)12-9-19)29(39)30(40)37(27)31-35-36-32(44-31)43-17-21-6-4-5-7-23(21)34/h4-13,16,18,27,38H,14-15,17H2,1-3H3/b28-26-. The third kappa shape index (κ3) is 6.61. The van der Waals surface area contributed by atoms with E-state index in [9.17, 15) is 23.5 Å². The molecule has 5 rings (SSSR count). The molecule has 1 fully saturated rings. The molecule has 1 unspecified atom stereocenters. The Labute approximate surface area is 261 Å². The quantitative estimate of drug-likeness (QED) is 0.0608. The topological polar surface area (TPSA) is 102 Å². The fraction of sp³-hybridized carbons (Fsp3) is 0.250. The number of hydrogen-bond donors (Lipinski definition) is 1. The van der Waals surface area contributed by atoms with Crippen LogP contribution >= 0.6 is 23.1 Å². The number of Topliss-reactive ketones (excluding diaryl/α,β-unsaturated/α-hetero) is 1. The molecule has 1 aromatic heterocycles. The van der Waals surface area contributed by atoms with Gasteiger partial charge in [0.2, 0.25) is 5.13 Å². The third-order valence-electron chi connectivity index (χ3n) is 6.93. The number of aliphatic hydroxyl groups excluding tert-OH is 1. The van der Waals surface area contributed by atoms with Gasteiger partial charge in [0, 0.05) is 11.3 Å². The maximum Gasteiger partial charge on any atom is 0.301 e. The molecule has 0 radical (unpaired) electrons. The highest BCUT2D eigenvalue weighted by atomic mass is 32.2. The summed E-state index contributed by atoms with van der Waals surface area (Å²) in [7, 11) is 1.48. The van der Waals surface area contributed by atoms with Crippen LogP contribution in [0.2, 0.25) is 0 Å². The van der Waals surface area contributed by atoms with Gasteiger partial charge in [0.05, 0.1) is 25.3 Å². The first-order chi connectivity index (χ1) is 21.2. The summed E-state index contributed by atoms with van der Waals surface area (Å²) in [4.78, 5) is 28.2. The average molecular weight is 638 g/mol. The molecule has 1 N–H and O–H groups in total. The monoisotopic (exact) mass is 637 g/mol. The number of carbonyl (C=O) groups is 2. The van der Waals surface area contributed by atoms with E-state index in [1.807, 2.05) is 0 Å². The van der Waals surface area contributed by atoms with Gasteiger partial charge >= 0.3 is 5.91 Å². The van der Waals surface area contributed by atoms with Gasteiger partial charge in [0.25, 0.3) is 5.78 Å². The number of benzene rings is 3. The summed E-state index contributed by atoms with van der Waals surface area (Å²) < 4.78 is 39.8. The summed E-state index contributed by atoms with van der Waals surface area (Å²) in [6.07, 6.45) is 0.830. The van der Waals surface area contributed by atoms with Crippen LogP contribution < -0.4 is 14.4 Å². The van der Waals surface area contributed by atoms with Crippen LogP contribution in [0.15, 0.2) is 76.6 Å². The first-order valence-corrected chi connectivity index (χ1v) is 15.6. The molecule has 0 bridgehead atoms. The van der Waals surface area contributed by atoms with Crippen molar-refractivity contribution < 1.29 is 33.0 Å². The molecule has 12 heteroatoms. The van der Waals surface area contributed by atoms with Crippen LogP contribution in [0.3, 0.4) is 0 Å². The van der Waals surface area contributed by atoms with Crippen molar-refractivity contribution in [1.82, 2.24) is 10.2 Å². The molecule has 1 amide bonds. The normalized spacial score (nSPS) is 16.1. The van der Waals surface area contributed by atoms with Gasteiger partial charge in [0.15, 0.2) is 15.8 Å². The highest BCUT2D eigenvalue weighted by molar-refractivity contribution is 8.00. The minimum atomic E-state index is -1.11. The molecule has 2 heterocycles. The van der Waals surface area contributed by atoms with Crippen LogP contribution in [-0.4, -0.2) is 40.7 Å². The van der Waals surface area contributed by atoms with Crippen molar-refractivity contribution >= 4 is 45.7 Å². The predicted molar refractivity (Wildman–Crippen MR) is 165 cm³/mol. The van der Waals surface area contributed by atoms with Gasteiger partial charge in [0.1, 0.15) is 17.4 Å². The van der Waals surface area contributed by atoms with E-state index in [0.29, 0.717) is 39.5 Å². The number of ether oxygens (including phenoxy) is 2. The van der Waals surface area contributed by atoms with Crippen molar-refractivity contribution in [3.63, 3.8) is 0 Å². The minimum absolute atomic E-state index is 0.113. The van der Waals surface area contributed by atoms with Gasteiger partial charge in [-0.3, -0.25) is 14.5 Å². The summed E-state index contributed by atoms with van der Waals surface area (Å²) in [5.41, 5.74) is 0.884. The smallest absolute Gasteiger partial charge is 0.301 e. The molecule has 4 aromatic rings. The molecule has 1 atom stereocenters. The van der Waals surface area contributed by atoms with Gasteiger partial charge in [-0.25, -0.2) is 8.78 Å². The molecule has 0 aliphatic carbocycles. The number of nitrogens with zero attached hydrogens (tertiary/aromatic N) is 3. The van der Waals surface area contributed by atoms with Crippen molar-refractivity contribution in [3.8, 4) is 11.5 Å². The van der Waals surface area contributed by atoms with E-state index in [0.717, 1.165) is 29.9 Å². The summed E-state index contributed by atoms with van der Waals surface area (Å²) in [5.74, 6) is -1.62. The van der Waals surface area contributed by atoms with Crippen molar-refractivity contribution in [2.45, 2.75) is 36.4 Å². The molecule has 8 nitrogen and oxygen atoms in total. The van der Waals surface area contributed by atoms with E-state index >= 15 is 0 Å². The number of thioether (sulfide) groups is 1. The second kappa shape index (κ2) is 13.6. The van der Waals surface area contributed by atoms with E-state index in [-0.39, 0.29) is 27.8 Å². The number of rotatable bonds is 11. The Morgan fingerprint density at radius 2 is 1.80 bits per heavy atom. The Kier molecular flexibility index (Phi) is 9.60. The number of anilines is 1. The zero-order chi connectivity index (χ0) is 31.4. The lowest BCUT2D eigenvalue weighted by Gasteiger charge is -2.23. The van der Waals surface area contributed by atoms with Crippen LogP contribution in [0, 0.1) is 17.6 Å². The lowest BCUT2D eigenvalue weighted by Crippen LogP contribution is -2.29. The molecular formula is C32H29F2N3O5S2. The summed E-state index contributed by atoms with van der Waals surface area (Å²) in [6.45, 7) is 4.64. The first kappa shape index (κ1) is 31.1. The lowest BCUT2D eigenvalue weighted by molar-refractivity contribution is -0.132. The highest BCUT2D eigenvalue weighted by Crippen LogP contribution is 2.45. The molecule has 1 aliphatic heterocycles. The Morgan fingerprint density at radius 3 is 2.50 bits per heavy atom. The van der Waals surface area contributed by atoms with Gasteiger partial charge in [-0.1, -0.05) is 61.2 Å². The number of ketones is 1.